The van der Waals surface area contributed by atoms with Crippen molar-refractivity contribution in [1.29, 1.82) is 0 Å². The molecule has 0 N–H and O–H groups in total. The van der Waals surface area contributed by atoms with Crippen LogP contribution in [0.15, 0.2) is 0 Å². The highest BCUT2D eigenvalue weighted by atomic mass is 79.9. The van der Waals surface area contributed by atoms with Crippen LogP contribution in [0.3, 0.4) is 0 Å². The van der Waals surface area contributed by atoms with Gasteiger partial charge in [0.2, 0.25) is 0 Å². The van der Waals surface area contributed by atoms with Crippen molar-refractivity contribution in [3.05, 3.63) is 0 Å². The van der Waals surface area contributed by atoms with E-state index < -0.39 is 0 Å². The van der Waals surface area contributed by atoms with Crippen molar-refractivity contribution in [1.82, 2.24) is 0 Å². The molecular weight excluding hydrogens is 612 g/mol. The number of unbranched alkanes of at least 4 members (excludes halogenated alkanes) is 7. The zero-order chi connectivity index (χ0) is 25.4. The molecule has 0 amide bonds. The number of hydrogen-bond acceptors (Lipinski definition) is 4. The van der Waals surface area contributed by atoms with Gasteiger partial charge in [-0.3, -0.25) is 9.59 Å². The zero-order valence-electron chi connectivity index (χ0n) is 24.1. The van der Waals surface area contributed by atoms with Crippen LogP contribution in [0.25, 0.3) is 0 Å². The normalized spacial score (nSPS) is 33.2. The Balaban J connectivity index is 0.00000253. The average Bonchev–Trinajstić information content (AvgIpc) is 3.58. The quantitative estimate of drug-likeness (QED) is 0.131. The molecule has 4 saturated heterocycles. The number of fused-ring (bicyclic) bond motifs is 2. The van der Waals surface area contributed by atoms with E-state index in [9.17, 15) is 9.59 Å². The van der Waals surface area contributed by atoms with Gasteiger partial charge in [0.25, 0.3) is 0 Å². The third kappa shape index (κ3) is 8.66. The lowest BCUT2D eigenvalue weighted by Gasteiger charge is -2.36. The van der Waals surface area contributed by atoms with Crippen LogP contribution < -0.4 is 34.0 Å². The Bertz CT molecular complexity index is 681. The Morgan fingerprint density at radius 1 is 0.579 bits per heavy atom. The van der Waals surface area contributed by atoms with Gasteiger partial charge in [0.15, 0.2) is 0 Å². The summed E-state index contributed by atoms with van der Waals surface area (Å²) >= 11 is 0. The lowest BCUT2D eigenvalue weighted by molar-refractivity contribution is -0.929. The summed E-state index contributed by atoms with van der Waals surface area (Å²) in [5, 5.41) is 0. The average molecular weight is 667 g/mol. The number of esters is 2. The fourth-order valence-corrected chi connectivity index (χ4v) is 8.79. The Morgan fingerprint density at radius 3 is 1.32 bits per heavy atom. The maximum atomic E-state index is 11.2. The van der Waals surface area contributed by atoms with Crippen LogP contribution in [0.4, 0.5) is 0 Å². The van der Waals surface area contributed by atoms with E-state index in [1.807, 2.05) is 0 Å². The summed E-state index contributed by atoms with van der Waals surface area (Å²) in [4.78, 5) is 22.5. The summed E-state index contributed by atoms with van der Waals surface area (Å²) < 4.78 is 13.4. The second-order valence-corrected chi connectivity index (χ2v) is 12.7. The van der Waals surface area contributed by atoms with Gasteiger partial charge in [0.05, 0.1) is 76.4 Å². The molecule has 4 fully saturated rings. The second kappa shape index (κ2) is 16.3. The summed E-state index contributed by atoms with van der Waals surface area (Å²) in [6, 6.07) is 1.50. The fraction of sp³-hybridized carbons (Fsp3) is 0.933. The molecule has 4 heterocycles. The van der Waals surface area contributed by atoms with Crippen LogP contribution in [0.5, 0.6) is 0 Å². The molecule has 6 unspecified atom stereocenters. The van der Waals surface area contributed by atoms with Crippen LogP contribution in [-0.2, 0) is 19.1 Å². The second-order valence-electron chi connectivity index (χ2n) is 12.7. The molecule has 8 heteroatoms. The first kappa shape index (κ1) is 34.0. The lowest BCUT2D eigenvalue weighted by Crippen LogP contribution is -3.00. The standard InChI is InChI=1S/C30H54N2O4.2BrH/c1-25(33)35-23-27-15-21-31(19-11-13-29(27)31)17-9-7-5-3-4-6-8-10-18-32-20-12-14-30(32)28(16-22-32)24-36-26(2)34;;/h27-30H,3-24H2,1-2H3;2*1H/q+2;;/p-2. The van der Waals surface area contributed by atoms with Gasteiger partial charge in [0, 0.05) is 52.4 Å². The van der Waals surface area contributed by atoms with Gasteiger partial charge in [0.1, 0.15) is 0 Å². The zero-order valence-corrected chi connectivity index (χ0v) is 27.3. The molecule has 4 aliphatic rings. The van der Waals surface area contributed by atoms with Crippen molar-refractivity contribution in [2.45, 2.75) is 116 Å². The third-order valence-electron chi connectivity index (χ3n) is 10.6. The molecule has 6 atom stereocenters. The van der Waals surface area contributed by atoms with Crippen LogP contribution in [0, 0.1) is 11.8 Å². The molecule has 4 rings (SSSR count). The van der Waals surface area contributed by atoms with E-state index in [1.54, 1.807) is 0 Å². The van der Waals surface area contributed by atoms with E-state index in [0.717, 1.165) is 12.1 Å². The van der Waals surface area contributed by atoms with Gasteiger partial charge in [-0.05, 0) is 25.7 Å². The molecule has 0 aliphatic carbocycles. The SMILES string of the molecule is CC(=O)OCC1CC[N+]2(CCCCCCCCCC[N+]34CCCC3C(COC(C)=O)CC4)CCCC12.[Br-].[Br-]. The van der Waals surface area contributed by atoms with Crippen molar-refractivity contribution >= 4 is 11.9 Å². The molecule has 0 aromatic rings. The first-order valence-corrected chi connectivity index (χ1v) is 15.4. The monoisotopic (exact) mass is 664 g/mol. The van der Waals surface area contributed by atoms with E-state index in [-0.39, 0.29) is 45.9 Å². The van der Waals surface area contributed by atoms with Gasteiger partial charge in [-0.2, -0.15) is 0 Å². The van der Waals surface area contributed by atoms with Gasteiger partial charge >= 0.3 is 11.9 Å². The maximum absolute atomic E-state index is 11.2. The molecule has 0 aromatic carbocycles. The topological polar surface area (TPSA) is 52.6 Å². The molecule has 38 heavy (non-hydrogen) atoms. The first-order chi connectivity index (χ1) is 17.4. The highest BCUT2D eigenvalue weighted by Gasteiger charge is 2.52. The molecule has 0 bridgehead atoms. The Kier molecular flexibility index (Phi) is 14.6. The number of hydrogen-bond donors (Lipinski definition) is 0. The minimum atomic E-state index is -0.122. The number of rotatable bonds is 15. The minimum absolute atomic E-state index is 0. The van der Waals surface area contributed by atoms with Gasteiger partial charge in [-0.15, -0.1) is 0 Å². The number of carbonyl (C=O) groups excluding carboxylic acids is 2. The number of ether oxygens (including phenoxy) is 2. The smallest absolute Gasteiger partial charge is 0.302 e. The number of quaternary nitrogens is 2. The number of carbonyl (C=O) groups is 2. The van der Waals surface area contributed by atoms with Gasteiger partial charge < -0.3 is 52.4 Å². The molecule has 222 valence electrons. The van der Waals surface area contributed by atoms with Gasteiger partial charge in [-0.1, -0.05) is 25.7 Å². The van der Waals surface area contributed by atoms with E-state index in [0.29, 0.717) is 25.0 Å². The largest absolute Gasteiger partial charge is 1.00 e. The van der Waals surface area contributed by atoms with Crippen LogP contribution in [0.1, 0.15) is 104 Å². The predicted octanol–water partition coefficient (Wildman–Crippen LogP) is -0.760. The van der Waals surface area contributed by atoms with Gasteiger partial charge in [-0.25, -0.2) is 0 Å². The van der Waals surface area contributed by atoms with Crippen molar-refractivity contribution in [3.63, 3.8) is 0 Å². The van der Waals surface area contributed by atoms with Crippen molar-refractivity contribution in [3.8, 4) is 0 Å². The first-order valence-electron chi connectivity index (χ1n) is 15.4. The van der Waals surface area contributed by atoms with E-state index >= 15 is 0 Å². The van der Waals surface area contributed by atoms with Crippen molar-refractivity contribution in [2.24, 2.45) is 11.8 Å². The summed E-state index contributed by atoms with van der Waals surface area (Å²) in [7, 11) is 0. The predicted molar refractivity (Wildman–Crippen MR) is 142 cm³/mol. The molecule has 0 saturated carbocycles. The van der Waals surface area contributed by atoms with E-state index in [1.165, 1.54) is 152 Å². The Labute approximate surface area is 253 Å². The van der Waals surface area contributed by atoms with E-state index in [4.69, 9.17) is 9.47 Å². The molecule has 0 aromatic heterocycles. The van der Waals surface area contributed by atoms with Crippen molar-refractivity contribution in [2.75, 3.05) is 52.5 Å². The van der Waals surface area contributed by atoms with Crippen molar-refractivity contribution < 1.29 is 62.0 Å². The molecule has 4 aliphatic heterocycles. The molecule has 0 radical (unpaired) electrons. The fourth-order valence-electron chi connectivity index (χ4n) is 8.79. The summed E-state index contributed by atoms with van der Waals surface area (Å²) in [5.41, 5.74) is 0. The molecular formula is C30H54Br2N2O4. The Hall–Kier alpha value is -0.180. The highest BCUT2D eigenvalue weighted by Crippen LogP contribution is 2.42. The maximum Gasteiger partial charge on any atom is 0.302 e. The minimum Gasteiger partial charge on any atom is -1.00 e. The number of nitrogens with zero attached hydrogens (tertiary/aromatic N) is 2. The van der Waals surface area contributed by atoms with Crippen LogP contribution in [-0.4, -0.2) is 85.5 Å². The number of halogens is 2. The summed E-state index contributed by atoms with van der Waals surface area (Å²) in [6.45, 7) is 12.4. The Morgan fingerprint density at radius 2 is 0.947 bits per heavy atom. The summed E-state index contributed by atoms with van der Waals surface area (Å²) in [5.74, 6) is 0.946. The molecule has 0 spiro atoms. The van der Waals surface area contributed by atoms with Crippen LogP contribution in [0.2, 0.25) is 0 Å². The van der Waals surface area contributed by atoms with Crippen LogP contribution >= 0.6 is 0 Å². The van der Waals surface area contributed by atoms with E-state index in [2.05, 4.69) is 0 Å². The summed E-state index contributed by atoms with van der Waals surface area (Å²) in [6.07, 6.45) is 18.9. The molecule has 6 nitrogen and oxygen atoms in total. The third-order valence-corrected chi connectivity index (χ3v) is 10.6. The lowest BCUT2D eigenvalue weighted by atomic mass is 9.99. The highest BCUT2D eigenvalue weighted by molar-refractivity contribution is 5.66.